The van der Waals surface area contributed by atoms with Crippen LogP contribution in [0.1, 0.15) is 83.4 Å². The van der Waals surface area contributed by atoms with E-state index in [9.17, 15) is 19.5 Å². The summed E-state index contributed by atoms with van der Waals surface area (Å²) in [4.78, 5) is 42.4. The lowest BCUT2D eigenvalue weighted by molar-refractivity contribution is -0.143. The molecule has 39 heavy (non-hydrogen) atoms. The molecule has 2 aromatic rings. The highest BCUT2D eigenvalue weighted by Crippen LogP contribution is 2.31. The molecule has 3 rings (SSSR count). The van der Waals surface area contributed by atoms with Gasteiger partial charge in [-0.15, -0.1) is 0 Å². The number of benzene rings is 2. The van der Waals surface area contributed by atoms with Gasteiger partial charge in [0.1, 0.15) is 23.4 Å². The summed E-state index contributed by atoms with van der Waals surface area (Å²) in [7, 11) is 0. The number of phenols is 1. The summed E-state index contributed by atoms with van der Waals surface area (Å²) in [5.74, 6) is -0.811. The molecule has 1 aliphatic carbocycles. The van der Waals surface area contributed by atoms with Gasteiger partial charge in [-0.05, 0) is 51.7 Å². The van der Waals surface area contributed by atoms with Crippen LogP contribution in [0.15, 0.2) is 54.6 Å². The van der Waals surface area contributed by atoms with Crippen molar-refractivity contribution >= 4 is 17.9 Å². The first-order valence-corrected chi connectivity index (χ1v) is 14.0. The van der Waals surface area contributed by atoms with Crippen molar-refractivity contribution in [1.82, 2.24) is 15.5 Å². The summed E-state index contributed by atoms with van der Waals surface area (Å²) in [6.07, 6.45) is 5.10. The zero-order valence-corrected chi connectivity index (χ0v) is 23.6. The predicted molar refractivity (Wildman–Crippen MR) is 151 cm³/mol. The van der Waals surface area contributed by atoms with Gasteiger partial charge in [0.25, 0.3) is 0 Å². The largest absolute Gasteiger partial charge is 0.508 e. The van der Waals surface area contributed by atoms with E-state index < -0.39 is 29.7 Å². The lowest BCUT2D eigenvalue weighted by atomic mass is 9.94. The quantitative estimate of drug-likeness (QED) is 0.383. The van der Waals surface area contributed by atoms with Gasteiger partial charge >= 0.3 is 6.09 Å². The number of hydrogen-bond donors (Lipinski definition) is 3. The van der Waals surface area contributed by atoms with E-state index in [-0.39, 0.29) is 30.7 Å². The van der Waals surface area contributed by atoms with E-state index in [0.29, 0.717) is 12.0 Å². The maximum Gasteiger partial charge on any atom is 0.408 e. The van der Waals surface area contributed by atoms with Gasteiger partial charge in [0, 0.05) is 24.6 Å². The number of aromatic hydroxyl groups is 1. The van der Waals surface area contributed by atoms with Crippen LogP contribution in [-0.4, -0.2) is 52.1 Å². The number of nitrogens with one attached hydrogen (secondary N) is 2. The van der Waals surface area contributed by atoms with Crippen molar-refractivity contribution in [3.05, 3.63) is 65.7 Å². The standard InChI is InChI=1S/C31H43N3O5/c1-5-20-34(27(24-18-12-13-19-26(24)35)28(36)32-23-16-10-7-11-17-23)29(37)25(21-22-14-8-6-9-15-22)33-30(38)39-31(2,3)4/h6,8-9,12-15,18-19,23,25,27,35H,5,7,10-11,16-17,20-21H2,1-4H3,(H,32,36)(H,33,38). The second kappa shape index (κ2) is 14.0. The van der Waals surface area contributed by atoms with Gasteiger partial charge in [-0.3, -0.25) is 9.59 Å². The van der Waals surface area contributed by atoms with Gasteiger partial charge in [0.2, 0.25) is 11.8 Å². The van der Waals surface area contributed by atoms with Crippen LogP contribution in [-0.2, 0) is 20.7 Å². The molecule has 1 fully saturated rings. The summed E-state index contributed by atoms with van der Waals surface area (Å²) in [5, 5.41) is 16.7. The van der Waals surface area contributed by atoms with Gasteiger partial charge in [-0.2, -0.15) is 0 Å². The van der Waals surface area contributed by atoms with E-state index in [1.165, 1.54) is 11.0 Å². The first-order valence-electron chi connectivity index (χ1n) is 14.0. The van der Waals surface area contributed by atoms with Crippen molar-refractivity contribution in [3.63, 3.8) is 0 Å². The van der Waals surface area contributed by atoms with E-state index in [1.54, 1.807) is 39.0 Å². The van der Waals surface area contributed by atoms with Crippen LogP contribution < -0.4 is 10.6 Å². The minimum atomic E-state index is -1.06. The number of carbonyl (C=O) groups excluding carboxylic acids is 3. The third-order valence-electron chi connectivity index (χ3n) is 6.76. The molecule has 8 nitrogen and oxygen atoms in total. The van der Waals surface area contributed by atoms with E-state index in [2.05, 4.69) is 10.6 Å². The molecule has 0 saturated heterocycles. The monoisotopic (exact) mass is 537 g/mol. The van der Waals surface area contributed by atoms with Crippen LogP contribution in [0, 0.1) is 0 Å². The minimum Gasteiger partial charge on any atom is -0.508 e. The normalized spacial score (nSPS) is 15.6. The highest BCUT2D eigenvalue weighted by molar-refractivity contribution is 5.92. The molecule has 2 unspecified atom stereocenters. The molecule has 2 atom stereocenters. The molecule has 0 spiro atoms. The number of phenolic OH excluding ortho intramolecular Hbond substituents is 1. The number of rotatable bonds is 10. The second-order valence-corrected chi connectivity index (χ2v) is 11.2. The van der Waals surface area contributed by atoms with Gasteiger partial charge in [0.15, 0.2) is 0 Å². The zero-order chi connectivity index (χ0) is 28.4. The molecule has 0 aliphatic heterocycles. The van der Waals surface area contributed by atoms with Crippen LogP contribution in [0.5, 0.6) is 5.75 Å². The van der Waals surface area contributed by atoms with Gasteiger partial charge in [-0.1, -0.05) is 74.7 Å². The smallest absolute Gasteiger partial charge is 0.408 e. The van der Waals surface area contributed by atoms with E-state index in [4.69, 9.17) is 4.74 Å². The number of ether oxygens (including phenoxy) is 1. The van der Waals surface area contributed by atoms with Crippen LogP contribution >= 0.6 is 0 Å². The van der Waals surface area contributed by atoms with Crippen LogP contribution in [0.3, 0.4) is 0 Å². The Balaban J connectivity index is 1.98. The van der Waals surface area contributed by atoms with Gasteiger partial charge in [0.05, 0.1) is 0 Å². The molecule has 3 N–H and O–H groups in total. The number of alkyl carbamates (subject to hydrolysis) is 1. The number of nitrogens with zero attached hydrogens (tertiary/aromatic N) is 1. The third-order valence-corrected chi connectivity index (χ3v) is 6.76. The maximum atomic E-state index is 14.3. The molecule has 2 aromatic carbocycles. The fourth-order valence-electron chi connectivity index (χ4n) is 5.00. The average molecular weight is 538 g/mol. The van der Waals surface area contributed by atoms with E-state index in [0.717, 1.165) is 37.7 Å². The highest BCUT2D eigenvalue weighted by atomic mass is 16.6. The molecule has 1 saturated carbocycles. The Kier molecular flexibility index (Phi) is 10.8. The lowest BCUT2D eigenvalue weighted by Crippen LogP contribution is -2.54. The Hall–Kier alpha value is -3.55. The fourth-order valence-corrected chi connectivity index (χ4v) is 5.00. The number of amides is 3. The van der Waals surface area contributed by atoms with Crippen LogP contribution in [0.4, 0.5) is 4.79 Å². The van der Waals surface area contributed by atoms with Crippen molar-refractivity contribution in [2.75, 3.05) is 6.54 Å². The molecule has 0 radical (unpaired) electrons. The summed E-state index contributed by atoms with van der Waals surface area (Å²) in [6.45, 7) is 7.46. The molecule has 0 bridgehead atoms. The molecule has 1 aliphatic rings. The summed E-state index contributed by atoms with van der Waals surface area (Å²) < 4.78 is 5.47. The number of carbonyl (C=O) groups is 3. The van der Waals surface area contributed by atoms with Gasteiger partial charge in [-0.25, -0.2) is 4.79 Å². The Bertz CT molecular complexity index is 1090. The molecule has 0 aromatic heterocycles. The average Bonchev–Trinajstić information content (AvgIpc) is 2.89. The number of para-hydroxylation sites is 1. The minimum absolute atomic E-state index is 0.0261. The van der Waals surface area contributed by atoms with E-state index >= 15 is 0 Å². The molecule has 212 valence electrons. The van der Waals surface area contributed by atoms with E-state index in [1.807, 2.05) is 37.3 Å². The Labute approximate surface area is 232 Å². The topological polar surface area (TPSA) is 108 Å². The Morgan fingerprint density at radius 2 is 1.64 bits per heavy atom. The third kappa shape index (κ3) is 9.01. The molecule has 8 heteroatoms. The van der Waals surface area contributed by atoms with Crippen LogP contribution in [0.25, 0.3) is 0 Å². The zero-order valence-electron chi connectivity index (χ0n) is 23.6. The first kappa shape index (κ1) is 30.0. The summed E-state index contributed by atoms with van der Waals surface area (Å²) >= 11 is 0. The van der Waals surface area contributed by atoms with Crippen molar-refractivity contribution in [2.45, 2.75) is 96.4 Å². The fraction of sp³-hybridized carbons (Fsp3) is 0.516. The Morgan fingerprint density at radius 3 is 2.26 bits per heavy atom. The SMILES string of the molecule is CCCN(C(=O)C(Cc1ccccc1)NC(=O)OC(C)(C)C)C(C(=O)NC1CCCCC1)c1ccccc1O. The van der Waals surface area contributed by atoms with Gasteiger partial charge < -0.3 is 25.4 Å². The molecule has 0 heterocycles. The highest BCUT2D eigenvalue weighted by Gasteiger charge is 2.37. The summed E-state index contributed by atoms with van der Waals surface area (Å²) in [5.41, 5.74) is 0.462. The molecular formula is C31H43N3O5. The summed E-state index contributed by atoms with van der Waals surface area (Å²) in [6, 6.07) is 14.0. The van der Waals surface area contributed by atoms with Crippen molar-refractivity contribution < 1.29 is 24.2 Å². The molecular weight excluding hydrogens is 494 g/mol. The van der Waals surface area contributed by atoms with Crippen LogP contribution in [0.2, 0.25) is 0 Å². The van der Waals surface area contributed by atoms with Crippen molar-refractivity contribution in [2.24, 2.45) is 0 Å². The second-order valence-electron chi connectivity index (χ2n) is 11.2. The first-order chi connectivity index (χ1) is 18.6. The lowest BCUT2D eigenvalue weighted by Gasteiger charge is -2.35. The molecule has 3 amide bonds. The predicted octanol–water partition coefficient (Wildman–Crippen LogP) is 5.26. The maximum absolute atomic E-state index is 14.3. The van der Waals surface area contributed by atoms with Crippen molar-refractivity contribution in [1.29, 1.82) is 0 Å². The number of hydrogen-bond acceptors (Lipinski definition) is 5. The Morgan fingerprint density at radius 1 is 1.00 bits per heavy atom. The van der Waals surface area contributed by atoms with Crippen molar-refractivity contribution in [3.8, 4) is 5.75 Å².